The molecule has 3 heteroatoms. The number of ether oxygens (including phenoxy) is 1. The number of hydrogen-bond acceptors (Lipinski definition) is 3. The van der Waals surface area contributed by atoms with Crippen LogP contribution in [0.5, 0.6) is 5.75 Å². The van der Waals surface area contributed by atoms with E-state index in [4.69, 9.17) is 9.15 Å². The van der Waals surface area contributed by atoms with E-state index in [0.717, 1.165) is 55.9 Å². The van der Waals surface area contributed by atoms with Crippen molar-refractivity contribution in [3.05, 3.63) is 193 Å². The van der Waals surface area contributed by atoms with Crippen LogP contribution in [0.15, 0.2) is 186 Å². The lowest BCUT2D eigenvalue weighted by Crippen LogP contribution is -2.16. The molecule has 0 radical (unpaired) electrons. The Bertz CT molecular complexity index is 2840. The molecule has 1 fully saturated rings. The smallest absolute Gasteiger partial charge is 0.145 e. The predicted octanol–water partition coefficient (Wildman–Crippen LogP) is 13.6. The summed E-state index contributed by atoms with van der Waals surface area (Å²) in [5, 5.41) is 4.60. The highest BCUT2D eigenvalue weighted by molar-refractivity contribution is 6.10. The van der Waals surface area contributed by atoms with Gasteiger partial charge in [-0.3, -0.25) is 0 Å². The molecule has 0 amide bonds. The van der Waals surface area contributed by atoms with Crippen LogP contribution in [-0.4, -0.2) is 0 Å². The second-order valence-corrected chi connectivity index (χ2v) is 14.5. The summed E-state index contributed by atoms with van der Waals surface area (Å²) >= 11 is 0. The third-order valence-electron chi connectivity index (χ3n) is 11.6. The molecule has 9 aromatic rings. The van der Waals surface area contributed by atoms with Crippen LogP contribution in [0, 0.1) is 5.92 Å². The van der Waals surface area contributed by atoms with Crippen molar-refractivity contribution in [2.75, 3.05) is 4.90 Å². The van der Waals surface area contributed by atoms with Crippen LogP contribution in [0.2, 0.25) is 0 Å². The Morgan fingerprint density at radius 1 is 0.491 bits per heavy atom. The molecule has 0 bridgehead atoms. The summed E-state index contributed by atoms with van der Waals surface area (Å²) in [6.45, 7) is 2.31. The van der Waals surface area contributed by atoms with E-state index in [2.05, 4.69) is 194 Å². The minimum atomic E-state index is -0.299. The number of hydrogen-bond donors (Lipinski definition) is 0. The molecule has 3 unspecified atom stereocenters. The molecule has 53 heavy (non-hydrogen) atoms. The fourth-order valence-electron chi connectivity index (χ4n) is 8.97. The highest BCUT2D eigenvalue weighted by Crippen LogP contribution is 2.72. The molecule has 1 aromatic heterocycles. The van der Waals surface area contributed by atoms with Crippen molar-refractivity contribution >= 4 is 49.8 Å². The van der Waals surface area contributed by atoms with E-state index >= 15 is 0 Å². The highest BCUT2D eigenvalue weighted by atomic mass is 16.5. The fraction of sp³-hybridized carbons (Fsp3) is 0.0800. The van der Waals surface area contributed by atoms with E-state index in [1.54, 1.807) is 0 Å². The molecule has 8 aromatic carbocycles. The standard InChI is InChI=1S/C50H35NO2/c1-32-48-43-26-28-46-47(49(43)53-50(32,48)39-16-6-3-7-17-39)44-31-38(22-27-45(44)52-46)35-19-23-40(24-20-35)51(42-25-21-34-13-8-9-14-36(34)30-42)41-18-10-15-37(29-41)33-11-4-2-5-12-33/h2-32,48H,1H3. The van der Waals surface area contributed by atoms with Gasteiger partial charge in [-0.05, 0) is 93.2 Å². The summed E-state index contributed by atoms with van der Waals surface area (Å²) in [6.07, 6.45) is 0. The molecule has 3 nitrogen and oxygen atoms in total. The van der Waals surface area contributed by atoms with Crippen molar-refractivity contribution in [1.82, 2.24) is 0 Å². The van der Waals surface area contributed by atoms with Gasteiger partial charge in [0.15, 0.2) is 0 Å². The molecule has 1 saturated carbocycles. The Kier molecular flexibility index (Phi) is 6.51. The maximum atomic E-state index is 7.02. The van der Waals surface area contributed by atoms with E-state index in [1.807, 2.05) is 0 Å². The zero-order valence-electron chi connectivity index (χ0n) is 29.2. The van der Waals surface area contributed by atoms with Gasteiger partial charge in [-0.25, -0.2) is 0 Å². The first kappa shape index (κ1) is 30.1. The molecule has 252 valence electrons. The summed E-state index contributed by atoms with van der Waals surface area (Å²) in [7, 11) is 0. The first-order chi connectivity index (χ1) is 26.2. The molecule has 0 N–H and O–H groups in total. The van der Waals surface area contributed by atoms with Crippen LogP contribution in [0.4, 0.5) is 17.1 Å². The van der Waals surface area contributed by atoms with Gasteiger partial charge < -0.3 is 14.1 Å². The van der Waals surface area contributed by atoms with Crippen molar-refractivity contribution < 1.29 is 9.15 Å². The summed E-state index contributed by atoms with van der Waals surface area (Å²) < 4.78 is 13.4. The van der Waals surface area contributed by atoms with Crippen molar-refractivity contribution in [3.8, 4) is 28.0 Å². The summed E-state index contributed by atoms with van der Waals surface area (Å²) in [5.41, 5.74) is 12.0. The fourth-order valence-corrected chi connectivity index (χ4v) is 8.97. The van der Waals surface area contributed by atoms with Gasteiger partial charge in [-0.2, -0.15) is 0 Å². The van der Waals surface area contributed by atoms with Gasteiger partial charge in [-0.1, -0.05) is 134 Å². The zero-order chi connectivity index (χ0) is 35.1. The maximum Gasteiger partial charge on any atom is 0.145 e. The molecular weight excluding hydrogens is 647 g/mol. The van der Waals surface area contributed by atoms with Crippen molar-refractivity contribution in [1.29, 1.82) is 0 Å². The molecule has 3 atom stereocenters. The number of fused-ring (bicyclic) bond motifs is 8. The average Bonchev–Trinajstić information content (AvgIpc) is 3.47. The van der Waals surface area contributed by atoms with Gasteiger partial charge in [0, 0.05) is 39.8 Å². The zero-order valence-corrected chi connectivity index (χ0v) is 29.2. The number of furan rings is 1. The second kappa shape index (κ2) is 11.5. The Balaban J connectivity index is 0.993. The van der Waals surface area contributed by atoms with Crippen molar-refractivity contribution in [3.63, 3.8) is 0 Å². The van der Waals surface area contributed by atoms with Crippen LogP contribution < -0.4 is 9.64 Å². The van der Waals surface area contributed by atoms with Gasteiger partial charge in [0.2, 0.25) is 0 Å². The van der Waals surface area contributed by atoms with Gasteiger partial charge in [0.1, 0.15) is 22.5 Å². The average molecular weight is 682 g/mol. The third-order valence-corrected chi connectivity index (χ3v) is 11.6. The van der Waals surface area contributed by atoms with Crippen molar-refractivity contribution in [2.24, 2.45) is 5.92 Å². The minimum absolute atomic E-state index is 0.299. The van der Waals surface area contributed by atoms with Crippen molar-refractivity contribution in [2.45, 2.75) is 18.4 Å². The molecule has 0 spiro atoms. The second-order valence-electron chi connectivity index (χ2n) is 14.5. The van der Waals surface area contributed by atoms with Crippen LogP contribution in [0.1, 0.15) is 24.0 Å². The maximum absolute atomic E-state index is 7.02. The van der Waals surface area contributed by atoms with Crippen LogP contribution >= 0.6 is 0 Å². The predicted molar refractivity (Wildman–Crippen MR) is 217 cm³/mol. The molecule has 2 aliphatic rings. The van der Waals surface area contributed by atoms with Crippen LogP contribution in [-0.2, 0) is 5.60 Å². The normalized spacial score (nSPS) is 18.5. The van der Waals surface area contributed by atoms with E-state index in [-0.39, 0.29) is 5.60 Å². The lowest BCUT2D eigenvalue weighted by atomic mass is 9.99. The lowest BCUT2D eigenvalue weighted by Gasteiger charge is -2.26. The Labute approximate surface area is 308 Å². The van der Waals surface area contributed by atoms with Crippen LogP contribution in [0.3, 0.4) is 0 Å². The number of anilines is 3. The number of rotatable bonds is 6. The summed E-state index contributed by atoms with van der Waals surface area (Å²) in [4.78, 5) is 2.35. The van der Waals surface area contributed by atoms with Gasteiger partial charge in [0.05, 0.1) is 5.39 Å². The van der Waals surface area contributed by atoms with E-state index in [1.165, 1.54) is 33.0 Å². The molecule has 1 aliphatic carbocycles. The molecule has 0 saturated heterocycles. The molecule has 11 rings (SSSR count). The largest absolute Gasteiger partial charge is 0.481 e. The summed E-state index contributed by atoms with van der Waals surface area (Å²) in [6, 6.07) is 65.2. The number of benzene rings is 8. The Morgan fingerprint density at radius 3 is 1.96 bits per heavy atom. The Hall–Kier alpha value is -6.58. The quantitative estimate of drug-likeness (QED) is 0.175. The SMILES string of the molecule is CC1C2c3ccc4oc5ccc(-c6ccc(N(c7cccc(-c8ccccc8)c7)c7ccc8ccccc8c7)cc6)cc5c4c3OC12c1ccccc1. The summed E-state index contributed by atoms with van der Waals surface area (Å²) in [5.74, 6) is 1.76. The first-order valence-corrected chi connectivity index (χ1v) is 18.4. The topological polar surface area (TPSA) is 25.6 Å². The molecule has 2 heterocycles. The third kappa shape index (κ3) is 4.60. The molecule has 1 aliphatic heterocycles. The lowest BCUT2D eigenvalue weighted by molar-refractivity contribution is 0.178. The highest BCUT2D eigenvalue weighted by Gasteiger charge is 2.71. The van der Waals surface area contributed by atoms with Gasteiger partial charge in [0.25, 0.3) is 0 Å². The van der Waals surface area contributed by atoms with Crippen LogP contribution in [0.25, 0.3) is 55.0 Å². The monoisotopic (exact) mass is 681 g/mol. The first-order valence-electron chi connectivity index (χ1n) is 18.4. The number of nitrogens with zero attached hydrogens (tertiary/aromatic N) is 1. The van der Waals surface area contributed by atoms with Gasteiger partial charge in [-0.15, -0.1) is 0 Å². The molecular formula is C50H35NO2. The van der Waals surface area contributed by atoms with Gasteiger partial charge >= 0.3 is 0 Å². The van der Waals surface area contributed by atoms with E-state index in [0.29, 0.717) is 11.8 Å². The van der Waals surface area contributed by atoms with E-state index in [9.17, 15) is 0 Å². The Morgan fingerprint density at radius 2 is 1.13 bits per heavy atom. The van der Waals surface area contributed by atoms with E-state index < -0.39 is 0 Å². The minimum Gasteiger partial charge on any atom is -0.481 e.